The zero-order valence-electron chi connectivity index (χ0n) is 10.8. The van der Waals surface area contributed by atoms with Crippen LogP contribution in [0, 0.1) is 15.9 Å². The first-order chi connectivity index (χ1) is 9.63. The van der Waals surface area contributed by atoms with Crippen molar-refractivity contribution in [3.63, 3.8) is 0 Å². The summed E-state index contributed by atoms with van der Waals surface area (Å²) in [4.78, 5) is 10.6. The molecular formula is C14H13FN2O3. The summed E-state index contributed by atoms with van der Waals surface area (Å²) in [6.45, 7) is 0.153. The zero-order chi connectivity index (χ0) is 14.5. The lowest BCUT2D eigenvalue weighted by atomic mass is 10.2. The summed E-state index contributed by atoms with van der Waals surface area (Å²) in [5.74, 6) is -0.195. The van der Waals surface area contributed by atoms with Crippen LogP contribution in [0.15, 0.2) is 42.5 Å². The molecule has 2 rings (SSSR count). The highest BCUT2D eigenvalue weighted by Gasteiger charge is 2.20. The summed E-state index contributed by atoms with van der Waals surface area (Å²) >= 11 is 0. The van der Waals surface area contributed by atoms with Crippen LogP contribution < -0.4 is 10.1 Å². The van der Waals surface area contributed by atoms with Crippen molar-refractivity contribution in [2.24, 2.45) is 0 Å². The molecule has 0 spiro atoms. The fraction of sp³-hybridized carbons (Fsp3) is 0.143. The van der Waals surface area contributed by atoms with Crippen LogP contribution in [0.5, 0.6) is 5.75 Å². The Hall–Kier alpha value is -2.63. The summed E-state index contributed by atoms with van der Waals surface area (Å²) in [5.41, 5.74) is 0.563. The number of nitrogens with zero attached hydrogens (tertiary/aromatic N) is 1. The van der Waals surface area contributed by atoms with E-state index in [-0.39, 0.29) is 29.5 Å². The quantitative estimate of drug-likeness (QED) is 0.671. The van der Waals surface area contributed by atoms with Gasteiger partial charge in [0.2, 0.25) is 0 Å². The van der Waals surface area contributed by atoms with Crippen LogP contribution in [-0.4, -0.2) is 12.0 Å². The summed E-state index contributed by atoms with van der Waals surface area (Å²) in [7, 11) is 1.36. The number of benzene rings is 2. The van der Waals surface area contributed by atoms with Gasteiger partial charge >= 0.3 is 5.69 Å². The number of rotatable bonds is 5. The van der Waals surface area contributed by atoms with Gasteiger partial charge < -0.3 is 10.1 Å². The molecule has 0 saturated carbocycles. The minimum atomic E-state index is -0.525. The number of ether oxygens (including phenoxy) is 1. The fourth-order valence-electron chi connectivity index (χ4n) is 1.85. The predicted octanol–water partition coefficient (Wildman–Crippen LogP) is 3.35. The predicted molar refractivity (Wildman–Crippen MR) is 73.4 cm³/mol. The number of methoxy groups -OCH3 is 1. The van der Waals surface area contributed by atoms with Crippen LogP contribution >= 0.6 is 0 Å². The van der Waals surface area contributed by atoms with E-state index in [1.165, 1.54) is 19.2 Å². The van der Waals surface area contributed by atoms with E-state index in [0.29, 0.717) is 5.56 Å². The van der Waals surface area contributed by atoms with Gasteiger partial charge in [0.1, 0.15) is 11.5 Å². The molecule has 0 heterocycles. The molecule has 1 N–H and O–H groups in total. The second kappa shape index (κ2) is 6.01. The monoisotopic (exact) mass is 276 g/mol. The van der Waals surface area contributed by atoms with Gasteiger partial charge in [0, 0.05) is 12.1 Å². The largest absolute Gasteiger partial charge is 0.490 e. The molecule has 104 valence electrons. The molecule has 0 aliphatic carbocycles. The van der Waals surface area contributed by atoms with Crippen LogP contribution in [0.4, 0.5) is 15.8 Å². The number of nitro benzene ring substituents is 1. The van der Waals surface area contributed by atoms with Crippen molar-refractivity contribution < 1.29 is 14.1 Å². The van der Waals surface area contributed by atoms with Crippen molar-refractivity contribution in [1.29, 1.82) is 0 Å². The molecule has 0 saturated heterocycles. The van der Waals surface area contributed by atoms with Crippen LogP contribution in [0.1, 0.15) is 5.56 Å². The molecule has 0 radical (unpaired) electrons. The van der Waals surface area contributed by atoms with E-state index in [1.807, 2.05) is 0 Å². The molecule has 5 nitrogen and oxygen atoms in total. The Morgan fingerprint density at radius 1 is 1.25 bits per heavy atom. The van der Waals surface area contributed by atoms with Crippen molar-refractivity contribution in [1.82, 2.24) is 0 Å². The molecule has 6 heteroatoms. The molecule has 0 atom stereocenters. The van der Waals surface area contributed by atoms with Gasteiger partial charge in [-0.1, -0.05) is 24.3 Å². The maximum atomic E-state index is 13.5. The third-order valence-electron chi connectivity index (χ3n) is 2.83. The van der Waals surface area contributed by atoms with Crippen molar-refractivity contribution >= 4 is 11.4 Å². The summed E-state index contributed by atoms with van der Waals surface area (Å²) < 4.78 is 18.5. The summed E-state index contributed by atoms with van der Waals surface area (Å²) in [6, 6.07) is 11.0. The number of nitro groups is 1. The lowest BCUT2D eigenvalue weighted by Gasteiger charge is -2.10. The van der Waals surface area contributed by atoms with Crippen molar-refractivity contribution in [2.45, 2.75) is 6.54 Å². The first-order valence-corrected chi connectivity index (χ1v) is 5.92. The Kier molecular flexibility index (Phi) is 4.14. The normalized spacial score (nSPS) is 10.1. The maximum Gasteiger partial charge on any atom is 0.333 e. The van der Waals surface area contributed by atoms with E-state index in [2.05, 4.69) is 5.32 Å². The van der Waals surface area contributed by atoms with E-state index >= 15 is 0 Å². The first kappa shape index (κ1) is 13.8. The molecule has 0 unspecified atom stereocenters. The standard InChI is InChI=1S/C14H13FN2O3/c1-20-13-8-4-7-12(14(13)17(18)19)16-9-10-5-2-3-6-11(10)15/h2-8,16H,9H2,1H3. The summed E-state index contributed by atoms with van der Waals surface area (Å²) in [6.07, 6.45) is 0. The zero-order valence-corrected chi connectivity index (χ0v) is 10.8. The molecule has 2 aromatic carbocycles. The van der Waals surface area contributed by atoms with Gasteiger partial charge in [-0.3, -0.25) is 10.1 Å². The number of anilines is 1. The van der Waals surface area contributed by atoms with Gasteiger partial charge in [-0.15, -0.1) is 0 Å². The van der Waals surface area contributed by atoms with E-state index < -0.39 is 4.92 Å². The second-order valence-corrected chi connectivity index (χ2v) is 4.06. The van der Waals surface area contributed by atoms with Crippen molar-refractivity contribution in [3.8, 4) is 5.75 Å². The SMILES string of the molecule is COc1cccc(NCc2ccccc2F)c1[N+](=O)[O-]. The topological polar surface area (TPSA) is 64.4 Å². The molecule has 0 aromatic heterocycles. The Morgan fingerprint density at radius 3 is 2.65 bits per heavy atom. The van der Waals surface area contributed by atoms with Crippen molar-refractivity contribution in [2.75, 3.05) is 12.4 Å². The highest BCUT2D eigenvalue weighted by atomic mass is 19.1. The highest BCUT2D eigenvalue weighted by molar-refractivity contribution is 5.68. The average molecular weight is 276 g/mol. The molecule has 0 aliphatic rings. The van der Waals surface area contributed by atoms with E-state index in [9.17, 15) is 14.5 Å². The van der Waals surface area contributed by atoms with Crippen LogP contribution in [0.3, 0.4) is 0 Å². The van der Waals surface area contributed by atoms with Crippen LogP contribution in [0.25, 0.3) is 0 Å². The first-order valence-electron chi connectivity index (χ1n) is 5.92. The molecule has 0 bridgehead atoms. The molecular weight excluding hydrogens is 263 g/mol. The Morgan fingerprint density at radius 2 is 2.00 bits per heavy atom. The average Bonchev–Trinajstić information content (AvgIpc) is 2.45. The number of hydrogen-bond acceptors (Lipinski definition) is 4. The van der Waals surface area contributed by atoms with E-state index in [4.69, 9.17) is 4.74 Å². The van der Waals surface area contributed by atoms with Crippen LogP contribution in [0.2, 0.25) is 0 Å². The van der Waals surface area contributed by atoms with Gasteiger partial charge in [-0.2, -0.15) is 0 Å². The third-order valence-corrected chi connectivity index (χ3v) is 2.83. The minimum Gasteiger partial charge on any atom is -0.490 e. The molecule has 0 amide bonds. The fourth-order valence-corrected chi connectivity index (χ4v) is 1.85. The third kappa shape index (κ3) is 2.85. The Bertz CT molecular complexity index is 632. The van der Waals surface area contributed by atoms with E-state index in [1.54, 1.807) is 30.3 Å². The Labute approximate surface area is 115 Å². The smallest absolute Gasteiger partial charge is 0.333 e. The van der Waals surface area contributed by atoms with Gasteiger partial charge in [0.05, 0.1) is 12.0 Å². The number of para-hydroxylation sites is 1. The number of halogens is 1. The molecule has 0 aliphatic heterocycles. The van der Waals surface area contributed by atoms with Gasteiger partial charge in [-0.25, -0.2) is 4.39 Å². The lowest BCUT2D eigenvalue weighted by molar-refractivity contribution is -0.384. The van der Waals surface area contributed by atoms with Crippen molar-refractivity contribution in [3.05, 3.63) is 64.0 Å². The molecule has 0 fully saturated rings. The molecule has 2 aromatic rings. The van der Waals surface area contributed by atoms with Gasteiger partial charge in [0.25, 0.3) is 0 Å². The molecule has 20 heavy (non-hydrogen) atoms. The Balaban J connectivity index is 2.26. The van der Waals surface area contributed by atoms with Gasteiger partial charge in [0.15, 0.2) is 5.75 Å². The number of hydrogen-bond donors (Lipinski definition) is 1. The minimum absolute atomic E-state index is 0.153. The highest BCUT2D eigenvalue weighted by Crippen LogP contribution is 2.34. The van der Waals surface area contributed by atoms with E-state index in [0.717, 1.165) is 0 Å². The maximum absolute atomic E-state index is 13.5. The second-order valence-electron chi connectivity index (χ2n) is 4.06. The summed E-state index contributed by atoms with van der Waals surface area (Å²) in [5, 5.41) is 14.0. The number of nitrogens with one attached hydrogen (secondary N) is 1. The van der Waals surface area contributed by atoms with Gasteiger partial charge in [-0.05, 0) is 18.2 Å². The lowest BCUT2D eigenvalue weighted by Crippen LogP contribution is -2.05. The van der Waals surface area contributed by atoms with Crippen LogP contribution in [-0.2, 0) is 6.54 Å².